The van der Waals surface area contributed by atoms with Crippen molar-refractivity contribution in [1.82, 2.24) is 4.90 Å². The van der Waals surface area contributed by atoms with E-state index >= 15 is 0 Å². The average Bonchev–Trinajstić information content (AvgIpc) is 2.81. The topological polar surface area (TPSA) is 23.5 Å². The number of benzene rings is 1. The van der Waals surface area contributed by atoms with Gasteiger partial charge in [-0.3, -0.25) is 4.90 Å². The van der Waals surface area contributed by atoms with Crippen molar-refractivity contribution >= 4 is 0 Å². The maximum Gasteiger partial charge on any atom is 0.0774 e. The van der Waals surface area contributed by atoms with Crippen LogP contribution in [0.15, 0.2) is 36.4 Å². The normalized spacial score (nSPS) is 34.0. The lowest BCUT2D eigenvalue weighted by Gasteiger charge is -2.45. The predicted octanol–water partition coefficient (Wildman–Crippen LogP) is 3.50. The van der Waals surface area contributed by atoms with Crippen molar-refractivity contribution in [2.45, 2.75) is 57.8 Å². The highest BCUT2D eigenvalue weighted by molar-refractivity contribution is 5.30. The number of nitrogens with zero attached hydrogens (tertiary/aromatic N) is 1. The van der Waals surface area contributed by atoms with Crippen LogP contribution in [0.1, 0.15) is 44.2 Å². The van der Waals surface area contributed by atoms with E-state index in [4.69, 9.17) is 0 Å². The van der Waals surface area contributed by atoms with E-state index in [9.17, 15) is 5.11 Å². The highest BCUT2D eigenvalue weighted by Gasteiger charge is 2.43. The summed E-state index contributed by atoms with van der Waals surface area (Å²) in [5.41, 5.74) is 3.53. The number of rotatable bonds is 2. The van der Waals surface area contributed by atoms with Gasteiger partial charge in [0.15, 0.2) is 0 Å². The van der Waals surface area contributed by atoms with Crippen LogP contribution in [0.5, 0.6) is 0 Å². The van der Waals surface area contributed by atoms with Crippen molar-refractivity contribution in [3.63, 3.8) is 0 Å². The van der Waals surface area contributed by atoms with Crippen LogP contribution in [0.25, 0.3) is 0 Å². The monoisotopic (exact) mass is 271 g/mol. The second kappa shape index (κ2) is 5.01. The molecule has 0 radical (unpaired) electrons. The van der Waals surface area contributed by atoms with Gasteiger partial charge in [-0.25, -0.2) is 0 Å². The highest BCUT2D eigenvalue weighted by Crippen LogP contribution is 2.40. The van der Waals surface area contributed by atoms with E-state index in [1.807, 2.05) is 6.92 Å². The minimum atomic E-state index is -0.575. The molecule has 1 heterocycles. The Morgan fingerprint density at radius 3 is 2.45 bits per heavy atom. The third-order valence-corrected chi connectivity index (χ3v) is 5.23. The van der Waals surface area contributed by atoms with Crippen molar-refractivity contribution in [2.24, 2.45) is 5.92 Å². The molecule has 0 bridgehead atoms. The van der Waals surface area contributed by atoms with Gasteiger partial charge in [-0.1, -0.05) is 36.4 Å². The van der Waals surface area contributed by atoms with Gasteiger partial charge in [-0.05, 0) is 50.2 Å². The molecule has 0 amide bonds. The molecule has 1 aliphatic heterocycles. The van der Waals surface area contributed by atoms with Crippen molar-refractivity contribution < 1.29 is 5.11 Å². The quantitative estimate of drug-likeness (QED) is 0.832. The predicted molar refractivity (Wildman–Crippen MR) is 82.3 cm³/mol. The van der Waals surface area contributed by atoms with Crippen LogP contribution in [-0.4, -0.2) is 21.6 Å². The Balaban J connectivity index is 1.80. The van der Waals surface area contributed by atoms with E-state index in [1.165, 1.54) is 16.7 Å². The van der Waals surface area contributed by atoms with Crippen LogP contribution >= 0.6 is 0 Å². The lowest BCUT2D eigenvalue weighted by atomic mass is 9.73. The smallest absolute Gasteiger partial charge is 0.0774 e. The number of allylic oxidation sites excluding steroid dienone is 1. The van der Waals surface area contributed by atoms with Crippen LogP contribution < -0.4 is 0 Å². The SMILES string of the molecule is C=C(C)C1CCC(C)(O)C(N2Cc3ccccc3C2)C1. The summed E-state index contributed by atoms with van der Waals surface area (Å²) in [6.07, 6.45) is 2.98. The van der Waals surface area contributed by atoms with Crippen LogP contribution in [0.4, 0.5) is 0 Å². The van der Waals surface area contributed by atoms with Gasteiger partial charge in [-0.2, -0.15) is 0 Å². The molecular weight excluding hydrogens is 246 g/mol. The zero-order chi connectivity index (χ0) is 14.3. The molecule has 2 aliphatic rings. The van der Waals surface area contributed by atoms with Crippen LogP contribution in [0.3, 0.4) is 0 Å². The molecule has 3 rings (SSSR count). The van der Waals surface area contributed by atoms with Crippen molar-refractivity contribution in [3.05, 3.63) is 47.5 Å². The fraction of sp³-hybridized carbons (Fsp3) is 0.556. The first-order valence-corrected chi connectivity index (χ1v) is 7.66. The molecule has 1 aromatic rings. The Kier molecular flexibility index (Phi) is 3.47. The van der Waals surface area contributed by atoms with Gasteiger partial charge in [0.1, 0.15) is 0 Å². The van der Waals surface area contributed by atoms with E-state index in [0.29, 0.717) is 5.92 Å². The van der Waals surface area contributed by atoms with Gasteiger partial charge >= 0.3 is 0 Å². The molecule has 108 valence electrons. The van der Waals surface area contributed by atoms with E-state index in [0.717, 1.165) is 32.4 Å². The second-order valence-electron chi connectivity index (χ2n) is 6.86. The Hall–Kier alpha value is -1.12. The van der Waals surface area contributed by atoms with E-state index < -0.39 is 5.60 Å². The summed E-state index contributed by atoms with van der Waals surface area (Å²) in [5, 5.41) is 10.8. The molecule has 0 saturated heterocycles. The molecule has 1 aliphatic carbocycles. The summed E-state index contributed by atoms with van der Waals surface area (Å²) < 4.78 is 0. The van der Waals surface area contributed by atoms with E-state index in [1.54, 1.807) is 0 Å². The highest BCUT2D eigenvalue weighted by atomic mass is 16.3. The maximum absolute atomic E-state index is 10.8. The summed E-state index contributed by atoms with van der Waals surface area (Å²) in [6.45, 7) is 10.2. The molecule has 1 aromatic carbocycles. The van der Waals surface area contributed by atoms with Gasteiger partial charge < -0.3 is 5.11 Å². The Morgan fingerprint density at radius 2 is 1.90 bits per heavy atom. The summed E-state index contributed by atoms with van der Waals surface area (Å²) in [6, 6.07) is 8.88. The first-order chi connectivity index (χ1) is 9.47. The van der Waals surface area contributed by atoms with Gasteiger partial charge in [0, 0.05) is 19.1 Å². The van der Waals surface area contributed by atoms with Crippen LogP contribution in [-0.2, 0) is 13.1 Å². The number of hydrogen-bond acceptors (Lipinski definition) is 2. The summed E-state index contributed by atoms with van der Waals surface area (Å²) in [4.78, 5) is 2.46. The Labute approximate surface area is 122 Å². The van der Waals surface area contributed by atoms with Gasteiger partial charge in [0.2, 0.25) is 0 Å². The van der Waals surface area contributed by atoms with Crippen molar-refractivity contribution in [1.29, 1.82) is 0 Å². The molecule has 0 spiro atoms. The first kappa shape index (κ1) is 13.8. The third kappa shape index (κ3) is 2.43. The van der Waals surface area contributed by atoms with Crippen molar-refractivity contribution in [2.75, 3.05) is 0 Å². The fourth-order valence-corrected chi connectivity index (χ4v) is 3.84. The summed E-state index contributed by atoms with van der Waals surface area (Å²) in [7, 11) is 0. The molecule has 20 heavy (non-hydrogen) atoms. The summed E-state index contributed by atoms with van der Waals surface area (Å²) >= 11 is 0. The second-order valence-corrected chi connectivity index (χ2v) is 6.86. The minimum Gasteiger partial charge on any atom is -0.389 e. The molecule has 2 nitrogen and oxygen atoms in total. The third-order valence-electron chi connectivity index (χ3n) is 5.23. The van der Waals surface area contributed by atoms with Crippen LogP contribution in [0, 0.1) is 5.92 Å². The largest absolute Gasteiger partial charge is 0.389 e. The zero-order valence-electron chi connectivity index (χ0n) is 12.6. The molecule has 1 saturated carbocycles. The molecule has 3 unspecified atom stereocenters. The molecule has 3 atom stereocenters. The number of hydrogen-bond donors (Lipinski definition) is 1. The molecular formula is C18H25NO. The Morgan fingerprint density at radius 1 is 1.30 bits per heavy atom. The minimum absolute atomic E-state index is 0.241. The molecule has 2 heteroatoms. The zero-order valence-corrected chi connectivity index (χ0v) is 12.6. The first-order valence-electron chi connectivity index (χ1n) is 7.66. The van der Waals surface area contributed by atoms with Gasteiger partial charge in [-0.15, -0.1) is 0 Å². The Bertz CT molecular complexity index is 495. The molecule has 0 aromatic heterocycles. The van der Waals surface area contributed by atoms with E-state index in [-0.39, 0.29) is 6.04 Å². The lowest BCUT2D eigenvalue weighted by Crippen LogP contribution is -2.52. The van der Waals surface area contributed by atoms with Gasteiger partial charge in [0.05, 0.1) is 5.60 Å². The van der Waals surface area contributed by atoms with Crippen molar-refractivity contribution in [3.8, 4) is 0 Å². The van der Waals surface area contributed by atoms with Crippen LogP contribution in [0.2, 0.25) is 0 Å². The standard InChI is InChI=1S/C18H25NO/c1-13(2)14-8-9-18(3,20)17(10-14)19-11-15-6-4-5-7-16(15)12-19/h4-7,14,17,20H,1,8-12H2,2-3H3. The van der Waals surface area contributed by atoms with E-state index in [2.05, 4.69) is 42.7 Å². The summed E-state index contributed by atoms with van der Waals surface area (Å²) in [5.74, 6) is 0.559. The maximum atomic E-state index is 10.8. The average molecular weight is 271 g/mol. The van der Waals surface area contributed by atoms with Gasteiger partial charge in [0.25, 0.3) is 0 Å². The molecule has 1 fully saturated rings. The fourth-order valence-electron chi connectivity index (χ4n) is 3.84. The number of fused-ring (bicyclic) bond motifs is 1. The number of aliphatic hydroxyl groups is 1. The molecule has 1 N–H and O–H groups in total. The lowest BCUT2D eigenvalue weighted by molar-refractivity contribution is -0.0713.